The molecule has 1 aliphatic rings. The molecular formula is C19H17N5O2. The van der Waals surface area contributed by atoms with E-state index >= 15 is 0 Å². The summed E-state index contributed by atoms with van der Waals surface area (Å²) in [5.74, 6) is 0.805. The van der Waals surface area contributed by atoms with Gasteiger partial charge in [-0.3, -0.25) is 9.99 Å². The van der Waals surface area contributed by atoms with E-state index in [2.05, 4.69) is 26.4 Å². The number of ether oxygens (including phenoxy) is 1. The quantitative estimate of drug-likeness (QED) is 0.785. The summed E-state index contributed by atoms with van der Waals surface area (Å²) in [6, 6.07) is 13.5. The molecule has 0 saturated carbocycles. The highest BCUT2D eigenvalue weighted by Crippen LogP contribution is 2.26. The number of amides is 1. The Balaban J connectivity index is 1.45. The number of nitrogens with zero attached hydrogens (tertiary/aromatic N) is 4. The number of nitrogens with one attached hydrogen (secondary N) is 1. The first-order valence-corrected chi connectivity index (χ1v) is 8.29. The maximum atomic E-state index is 12.2. The summed E-state index contributed by atoms with van der Waals surface area (Å²) in [7, 11) is 0. The molecule has 2 aromatic heterocycles. The number of carbonyl (C=O) groups is 1. The molecule has 0 bridgehead atoms. The van der Waals surface area contributed by atoms with Crippen LogP contribution in [0.2, 0.25) is 0 Å². The number of carbonyl (C=O) groups excluding carboxylic acids is 1. The number of hydrogen-bond acceptors (Lipinski definition) is 6. The molecule has 1 N–H and O–H groups in total. The molecule has 7 nitrogen and oxygen atoms in total. The summed E-state index contributed by atoms with van der Waals surface area (Å²) in [6.45, 7) is 2.48. The van der Waals surface area contributed by atoms with Crippen LogP contribution in [0.1, 0.15) is 11.3 Å². The lowest BCUT2D eigenvalue weighted by Gasteiger charge is -2.20. The number of rotatable bonds is 3. The molecule has 26 heavy (non-hydrogen) atoms. The van der Waals surface area contributed by atoms with Crippen molar-refractivity contribution in [3.63, 3.8) is 0 Å². The van der Waals surface area contributed by atoms with Crippen LogP contribution in [0.5, 0.6) is 5.75 Å². The fraction of sp³-hybridized carbons (Fsp3) is 0.158. The van der Waals surface area contributed by atoms with Crippen LogP contribution in [0, 0.1) is 6.92 Å². The third-order valence-electron chi connectivity index (χ3n) is 4.14. The van der Waals surface area contributed by atoms with Crippen molar-refractivity contribution < 1.29 is 9.53 Å². The molecule has 7 heteroatoms. The van der Waals surface area contributed by atoms with E-state index in [9.17, 15) is 4.79 Å². The molecule has 1 aromatic carbocycles. The molecule has 1 aliphatic heterocycles. The first-order valence-electron chi connectivity index (χ1n) is 8.29. The van der Waals surface area contributed by atoms with E-state index in [-0.39, 0.29) is 0 Å². The Labute approximate surface area is 150 Å². The molecule has 0 radical (unpaired) electrons. The van der Waals surface area contributed by atoms with Crippen molar-refractivity contribution in [2.24, 2.45) is 0 Å². The van der Waals surface area contributed by atoms with Gasteiger partial charge in [0.15, 0.2) is 11.6 Å². The molecule has 3 aromatic rings. The van der Waals surface area contributed by atoms with E-state index in [0.717, 1.165) is 12.1 Å². The second-order valence-electron chi connectivity index (χ2n) is 5.89. The van der Waals surface area contributed by atoms with Gasteiger partial charge in [-0.1, -0.05) is 24.3 Å². The summed E-state index contributed by atoms with van der Waals surface area (Å²) in [5.41, 5.74) is 6.19. The number of anilines is 1. The summed E-state index contributed by atoms with van der Waals surface area (Å²) in [5, 5.41) is 1.79. The standard InChI is InChI=1S/C19H17N5O2/c1-13-17(12-21-18(22-13)15-7-4-5-10-20-15)26-19(25)23-24-11-9-14-6-2-3-8-16(14)24/h2-8,10,12H,9,11H2,1H3,(H,23,25). The first kappa shape index (κ1) is 16.0. The van der Waals surface area contributed by atoms with Gasteiger partial charge in [0.2, 0.25) is 0 Å². The molecule has 0 fully saturated rings. The van der Waals surface area contributed by atoms with Gasteiger partial charge in [-0.2, -0.15) is 0 Å². The van der Waals surface area contributed by atoms with E-state index in [0.29, 0.717) is 29.5 Å². The third kappa shape index (κ3) is 3.19. The van der Waals surface area contributed by atoms with Gasteiger partial charge in [0.25, 0.3) is 0 Å². The van der Waals surface area contributed by atoms with Crippen LogP contribution in [0.4, 0.5) is 10.5 Å². The predicted octanol–water partition coefficient (Wildman–Crippen LogP) is 2.91. The molecule has 0 saturated heterocycles. The predicted molar refractivity (Wildman–Crippen MR) is 96.7 cm³/mol. The maximum absolute atomic E-state index is 12.2. The van der Waals surface area contributed by atoms with Crippen molar-refractivity contribution >= 4 is 11.8 Å². The number of benzene rings is 1. The minimum absolute atomic E-state index is 0.315. The fourth-order valence-corrected chi connectivity index (χ4v) is 2.86. The minimum atomic E-state index is -0.570. The van der Waals surface area contributed by atoms with Crippen LogP contribution in [0.25, 0.3) is 11.5 Å². The number of fused-ring (bicyclic) bond motifs is 1. The number of hydrazine groups is 1. The molecule has 0 aliphatic carbocycles. The minimum Gasteiger partial charge on any atom is -0.406 e. The molecular weight excluding hydrogens is 330 g/mol. The zero-order valence-electron chi connectivity index (χ0n) is 14.2. The average Bonchev–Trinajstić information content (AvgIpc) is 3.07. The first-order chi connectivity index (χ1) is 12.7. The second-order valence-corrected chi connectivity index (χ2v) is 5.89. The van der Waals surface area contributed by atoms with Crippen molar-refractivity contribution in [1.29, 1.82) is 0 Å². The largest absolute Gasteiger partial charge is 0.431 e. The molecule has 0 atom stereocenters. The highest BCUT2D eigenvalue weighted by Gasteiger charge is 2.21. The zero-order valence-corrected chi connectivity index (χ0v) is 14.2. The van der Waals surface area contributed by atoms with E-state index in [1.54, 1.807) is 18.1 Å². The van der Waals surface area contributed by atoms with Gasteiger partial charge in [0.1, 0.15) is 5.69 Å². The lowest BCUT2D eigenvalue weighted by Crippen LogP contribution is -2.42. The Bertz CT molecular complexity index is 946. The van der Waals surface area contributed by atoms with Gasteiger partial charge in [-0.15, -0.1) is 0 Å². The Morgan fingerprint density at radius 3 is 2.81 bits per heavy atom. The van der Waals surface area contributed by atoms with Crippen molar-refractivity contribution in [1.82, 2.24) is 20.4 Å². The van der Waals surface area contributed by atoms with Gasteiger partial charge in [0.05, 0.1) is 17.6 Å². The van der Waals surface area contributed by atoms with Gasteiger partial charge in [-0.25, -0.2) is 20.2 Å². The van der Waals surface area contributed by atoms with Gasteiger partial charge >= 0.3 is 6.09 Å². The van der Waals surface area contributed by atoms with Gasteiger partial charge in [-0.05, 0) is 37.1 Å². The number of hydrogen-bond donors (Lipinski definition) is 1. The molecule has 1 amide bonds. The van der Waals surface area contributed by atoms with Crippen molar-refractivity contribution in [2.45, 2.75) is 13.3 Å². The Morgan fingerprint density at radius 1 is 1.15 bits per heavy atom. The Kier molecular flexibility index (Phi) is 4.18. The molecule has 3 heterocycles. The second kappa shape index (κ2) is 6.79. The van der Waals surface area contributed by atoms with E-state index < -0.39 is 6.09 Å². The van der Waals surface area contributed by atoms with Gasteiger partial charge in [0, 0.05) is 12.7 Å². The summed E-state index contributed by atoms with van der Waals surface area (Å²) < 4.78 is 5.38. The molecule has 0 spiro atoms. The van der Waals surface area contributed by atoms with Crippen LogP contribution in [0.15, 0.2) is 54.9 Å². The van der Waals surface area contributed by atoms with Crippen LogP contribution >= 0.6 is 0 Å². The third-order valence-corrected chi connectivity index (χ3v) is 4.14. The molecule has 4 rings (SSSR count). The van der Waals surface area contributed by atoms with Crippen LogP contribution < -0.4 is 15.2 Å². The smallest absolute Gasteiger partial charge is 0.406 e. The van der Waals surface area contributed by atoms with Crippen molar-refractivity contribution in [3.8, 4) is 17.3 Å². The summed E-state index contributed by atoms with van der Waals surface area (Å²) in [6.07, 6.45) is 3.49. The summed E-state index contributed by atoms with van der Waals surface area (Å²) in [4.78, 5) is 25.1. The monoisotopic (exact) mass is 347 g/mol. The number of aromatic nitrogens is 3. The zero-order chi connectivity index (χ0) is 17.9. The SMILES string of the molecule is Cc1nc(-c2ccccn2)ncc1OC(=O)NN1CCc2ccccc21. The highest BCUT2D eigenvalue weighted by molar-refractivity contribution is 5.74. The van der Waals surface area contributed by atoms with E-state index in [1.807, 2.05) is 36.4 Å². The maximum Gasteiger partial charge on any atom is 0.431 e. The topological polar surface area (TPSA) is 80.2 Å². The van der Waals surface area contributed by atoms with Crippen LogP contribution in [-0.4, -0.2) is 27.6 Å². The highest BCUT2D eigenvalue weighted by atomic mass is 16.6. The van der Waals surface area contributed by atoms with Crippen molar-refractivity contribution in [2.75, 3.05) is 11.6 Å². The lowest BCUT2D eigenvalue weighted by molar-refractivity contribution is 0.199. The number of pyridine rings is 1. The van der Waals surface area contributed by atoms with E-state index in [1.165, 1.54) is 11.8 Å². The molecule has 0 unspecified atom stereocenters. The average molecular weight is 347 g/mol. The van der Waals surface area contributed by atoms with Gasteiger partial charge < -0.3 is 4.74 Å². The van der Waals surface area contributed by atoms with Crippen molar-refractivity contribution in [3.05, 3.63) is 66.1 Å². The Hall–Kier alpha value is -3.48. The van der Waals surface area contributed by atoms with Crippen LogP contribution in [-0.2, 0) is 6.42 Å². The van der Waals surface area contributed by atoms with Crippen LogP contribution in [0.3, 0.4) is 0 Å². The Morgan fingerprint density at radius 2 is 2.00 bits per heavy atom. The lowest BCUT2D eigenvalue weighted by atomic mass is 10.2. The normalized spacial score (nSPS) is 12.6. The fourth-order valence-electron chi connectivity index (χ4n) is 2.86. The number of aryl methyl sites for hydroxylation is 1. The van der Waals surface area contributed by atoms with E-state index in [4.69, 9.17) is 4.74 Å². The summed E-state index contributed by atoms with van der Waals surface area (Å²) >= 11 is 0. The number of para-hydroxylation sites is 1. The molecule has 130 valence electrons.